The molecule has 1 aromatic rings. The highest BCUT2D eigenvalue weighted by Gasteiger charge is 2.17. The van der Waals surface area contributed by atoms with Gasteiger partial charge in [-0.1, -0.05) is 19.3 Å². The number of halogens is 1. The second-order valence-corrected chi connectivity index (χ2v) is 7.19. The zero-order valence-corrected chi connectivity index (χ0v) is 17.0. The molecule has 1 fully saturated rings. The molecule has 6 nitrogen and oxygen atoms in total. The average molecular weight is 427 g/mol. The molecule has 0 saturated heterocycles. The van der Waals surface area contributed by atoms with E-state index in [2.05, 4.69) is 26.6 Å². The van der Waals surface area contributed by atoms with Gasteiger partial charge in [-0.25, -0.2) is 0 Å². The third-order valence-corrected chi connectivity index (χ3v) is 4.98. The van der Waals surface area contributed by atoms with E-state index in [-0.39, 0.29) is 18.2 Å². The lowest BCUT2D eigenvalue weighted by Crippen LogP contribution is -2.38. The van der Waals surface area contributed by atoms with Crippen LogP contribution in [0.5, 0.6) is 11.5 Å². The molecule has 0 bridgehead atoms. The summed E-state index contributed by atoms with van der Waals surface area (Å²) >= 11 is 3.41. The van der Waals surface area contributed by atoms with Crippen LogP contribution < -0.4 is 20.1 Å². The first kappa shape index (κ1) is 20.6. The van der Waals surface area contributed by atoms with Crippen molar-refractivity contribution in [2.45, 2.75) is 51.5 Å². The summed E-state index contributed by atoms with van der Waals surface area (Å²) in [5, 5.41) is 5.83. The van der Waals surface area contributed by atoms with E-state index in [1.807, 2.05) is 6.92 Å². The Hall–Kier alpha value is -1.76. The van der Waals surface area contributed by atoms with Crippen molar-refractivity contribution in [2.24, 2.45) is 0 Å². The van der Waals surface area contributed by atoms with Gasteiger partial charge >= 0.3 is 0 Å². The van der Waals surface area contributed by atoms with Gasteiger partial charge in [0.15, 0.2) is 11.5 Å². The van der Waals surface area contributed by atoms with Crippen molar-refractivity contribution in [3.8, 4) is 11.5 Å². The van der Waals surface area contributed by atoms with Crippen molar-refractivity contribution < 1.29 is 19.1 Å². The maximum atomic E-state index is 12.3. The molecule has 0 radical (unpaired) electrons. The van der Waals surface area contributed by atoms with Gasteiger partial charge in [0.25, 0.3) is 5.91 Å². The molecule has 144 valence electrons. The third-order valence-electron chi connectivity index (χ3n) is 4.39. The molecule has 1 aliphatic rings. The Morgan fingerprint density at radius 1 is 1.23 bits per heavy atom. The van der Waals surface area contributed by atoms with Gasteiger partial charge < -0.3 is 20.1 Å². The first-order chi connectivity index (χ1) is 12.5. The van der Waals surface area contributed by atoms with Gasteiger partial charge in [0.1, 0.15) is 0 Å². The van der Waals surface area contributed by atoms with E-state index in [0.717, 1.165) is 12.8 Å². The standard InChI is InChI=1S/C19H27BrN2O4/c1-3-26-18-15(20)11-13(12-16(18)25-2)19(24)21-10-9-17(23)22-14-7-5-4-6-8-14/h11-12,14H,3-10H2,1-2H3,(H,21,24)(H,22,23). The summed E-state index contributed by atoms with van der Waals surface area (Å²) in [4.78, 5) is 24.3. The highest BCUT2D eigenvalue weighted by atomic mass is 79.9. The minimum absolute atomic E-state index is 0.0114. The van der Waals surface area contributed by atoms with Crippen LogP contribution in [-0.4, -0.2) is 38.1 Å². The van der Waals surface area contributed by atoms with E-state index in [4.69, 9.17) is 9.47 Å². The van der Waals surface area contributed by atoms with E-state index in [1.165, 1.54) is 26.4 Å². The smallest absolute Gasteiger partial charge is 0.251 e. The molecule has 7 heteroatoms. The fraction of sp³-hybridized carbons (Fsp3) is 0.579. The molecule has 26 heavy (non-hydrogen) atoms. The van der Waals surface area contributed by atoms with Gasteiger partial charge in [-0.05, 0) is 47.8 Å². The van der Waals surface area contributed by atoms with E-state index in [0.29, 0.717) is 40.7 Å². The van der Waals surface area contributed by atoms with Crippen molar-refractivity contribution in [3.05, 3.63) is 22.2 Å². The Bertz CT molecular complexity index is 630. The van der Waals surface area contributed by atoms with Crippen LogP contribution in [0, 0.1) is 0 Å². The molecule has 0 spiro atoms. The molecule has 1 aromatic carbocycles. The summed E-state index contributed by atoms with van der Waals surface area (Å²) in [5.41, 5.74) is 0.449. The van der Waals surface area contributed by atoms with Crippen LogP contribution in [0.15, 0.2) is 16.6 Å². The van der Waals surface area contributed by atoms with Crippen LogP contribution in [0.1, 0.15) is 55.8 Å². The number of carbonyl (C=O) groups is 2. The summed E-state index contributed by atoms with van der Waals surface area (Å²) in [7, 11) is 1.53. The number of carbonyl (C=O) groups excluding carboxylic acids is 2. The normalized spacial score (nSPS) is 14.6. The summed E-state index contributed by atoms with van der Waals surface area (Å²) in [5.74, 6) is 0.792. The number of ether oxygens (including phenoxy) is 2. The van der Waals surface area contributed by atoms with E-state index in [9.17, 15) is 9.59 Å². The number of amides is 2. The quantitative estimate of drug-likeness (QED) is 0.667. The SMILES string of the molecule is CCOc1c(Br)cc(C(=O)NCCC(=O)NC2CCCCC2)cc1OC. The molecule has 1 aliphatic carbocycles. The highest BCUT2D eigenvalue weighted by molar-refractivity contribution is 9.10. The third kappa shape index (κ3) is 5.90. The molecule has 0 aliphatic heterocycles. The number of rotatable bonds is 8. The lowest BCUT2D eigenvalue weighted by molar-refractivity contribution is -0.121. The molecule has 0 atom stereocenters. The second-order valence-electron chi connectivity index (χ2n) is 6.33. The summed E-state index contributed by atoms with van der Waals surface area (Å²) in [6, 6.07) is 3.61. The number of methoxy groups -OCH3 is 1. The van der Waals surface area contributed by atoms with Gasteiger partial charge in [-0.3, -0.25) is 9.59 Å². The number of nitrogens with one attached hydrogen (secondary N) is 2. The summed E-state index contributed by atoms with van der Waals surface area (Å²) in [6.45, 7) is 2.67. The zero-order chi connectivity index (χ0) is 18.9. The summed E-state index contributed by atoms with van der Waals surface area (Å²) in [6.07, 6.45) is 5.99. The van der Waals surface area contributed by atoms with Crippen LogP contribution >= 0.6 is 15.9 Å². The van der Waals surface area contributed by atoms with Gasteiger partial charge in [-0.15, -0.1) is 0 Å². The van der Waals surface area contributed by atoms with Crippen molar-refractivity contribution in [1.82, 2.24) is 10.6 Å². The topological polar surface area (TPSA) is 76.7 Å². The number of benzene rings is 1. The largest absolute Gasteiger partial charge is 0.493 e. The van der Waals surface area contributed by atoms with E-state index >= 15 is 0 Å². The second kappa shape index (κ2) is 10.4. The molecular formula is C19H27BrN2O4. The van der Waals surface area contributed by atoms with Crippen LogP contribution in [-0.2, 0) is 4.79 Å². The van der Waals surface area contributed by atoms with Crippen LogP contribution in [0.3, 0.4) is 0 Å². The summed E-state index contributed by atoms with van der Waals surface area (Å²) < 4.78 is 11.5. The minimum Gasteiger partial charge on any atom is -0.493 e. The maximum Gasteiger partial charge on any atom is 0.251 e. The number of hydrogen-bond acceptors (Lipinski definition) is 4. The van der Waals surface area contributed by atoms with Crippen LogP contribution in [0.4, 0.5) is 0 Å². The van der Waals surface area contributed by atoms with Crippen molar-refractivity contribution in [2.75, 3.05) is 20.3 Å². The van der Waals surface area contributed by atoms with Crippen LogP contribution in [0.25, 0.3) is 0 Å². The zero-order valence-electron chi connectivity index (χ0n) is 15.4. The molecular weight excluding hydrogens is 400 g/mol. The minimum atomic E-state index is -0.252. The van der Waals surface area contributed by atoms with Crippen molar-refractivity contribution in [1.29, 1.82) is 0 Å². The average Bonchev–Trinajstić information content (AvgIpc) is 2.64. The molecule has 2 amide bonds. The van der Waals surface area contributed by atoms with Gasteiger partial charge in [-0.2, -0.15) is 0 Å². The van der Waals surface area contributed by atoms with Crippen molar-refractivity contribution >= 4 is 27.7 Å². The molecule has 2 rings (SSSR count). The van der Waals surface area contributed by atoms with E-state index in [1.54, 1.807) is 12.1 Å². The lowest BCUT2D eigenvalue weighted by atomic mass is 9.95. The Morgan fingerprint density at radius 2 is 1.96 bits per heavy atom. The molecule has 0 unspecified atom stereocenters. The molecule has 1 saturated carbocycles. The Balaban J connectivity index is 1.85. The fourth-order valence-electron chi connectivity index (χ4n) is 3.07. The van der Waals surface area contributed by atoms with Gasteiger partial charge in [0, 0.05) is 24.6 Å². The Kier molecular flexibility index (Phi) is 8.22. The molecule has 2 N–H and O–H groups in total. The maximum absolute atomic E-state index is 12.3. The monoisotopic (exact) mass is 426 g/mol. The van der Waals surface area contributed by atoms with Crippen molar-refractivity contribution in [3.63, 3.8) is 0 Å². The van der Waals surface area contributed by atoms with E-state index < -0.39 is 0 Å². The Morgan fingerprint density at radius 3 is 2.62 bits per heavy atom. The Labute approximate surface area is 163 Å². The molecule has 0 aromatic heterocycles. The van der Waals surface area contributed by atoms with Gasteiger partial charge in [0.05, 0.1) is 18.2 Å². The number of hydrogen-bond donors (Lipinski definition) is 2. The predicted octanol–water partition coefficient (Wildman–Crippen LogP) is 3.43. The van der Waals surface area contributed by atoms with Crippen LogP contribution in [0.2, 0.25) is 0 Å². The van der Waals surface area contributed by atoms with Gasteiger partial charge in [0.2, 0.25) is 5.91 Å². The first-order valence-corrected chi connectivity index (χ1v) is 9.92. The molecule has 0 heterocycles. The first-order valence-electron chi connectivity index (χ1n) is 9.13. The fourth-order valence-corrected chi connectivity index (χ4v) is 3.63. The lowest BCUT2D eigenvalue weighted by Gasteiger charge is -2.22. The predicted molar refractivity (Wildman–Crippen MR) is 104 cm³/mol. The highest BCUT2D eigenvalue weighted by Crippen LogP contribution is 2.36.